The van der Waals surface area contributed by atoms with E-state index < -0.39 is 6.09 Å². The third-order valence-electron chi connectivity index (χ3n) is 3.91. The summed E-state index contributed by atoms with van der Waals surface area (Å²) in [5, 5.41) is 5.91. The lowest BCUT2D eigenvalue weighted by atomic mass is 10.0. The second kappa shape index (κ2) is 9.13. The summed E-state index contributed by atoms with van der Waals surface area (Å²) in [7, 11) is 0. The number of pyridine rings is 1. The number of aromatic nitrogens is 1. The van der Waals surface area contributed by atoms with Crippen LogP contribution in [0.1, 0.15) is 29.2 Å². The van der Waals surface area contributed by atoms with E-state index in [1.807, 2.05) is 6.07 Å². The summed E-state index contributed by atoms with van der Waals surface area (Å²) in [6.45, 7) is 9.07. The molecule has 1 amide bonds. The van der Waals surface area contributed by atoms with Crippen LogP contribution in [0.25, 0.3) is 0 Å². The van der Waals surface area contributed by atoms with Crippen LogP contribution in [0.5, 0.6) is 0 Å². The molecule has 0 saturated carbocycles. The largest absolute Gasteiger partial charge is 1.00 e. The first-order valence-electron chi connectivity index (χ1n) is 7.97. The first-order valence-corrected chi connectivity index (χ1v) is 7.97. The second-order valence-corrected chi connectivity index (χ2v) is 5.76. The van der Waals surface area contributed by atoms with E-state index in [0.717, 1.165) is 5.82 Å². The molecule has 0 radical (unpaired) electrons. The Hall–Kier alpha value is -2.47. The lowest BCUT2D eigenvalue weighted by Crippen LogP contribution is -3.00. The van der Waals surface area contributed by atoms with Gasteiger partial charge < -0.3 is 28.2 Å². The highest BCUT2D eigenvalue weighted by molar-refractivity contribution is 5.87. The number of aromatic amines is 1. The molecule has 2 aromatic rings. The van der Waals surface area contributed by atoms with Crippen molar-refractivity contribution in [1.29, 1.82) is 0 Å². The highest BCUT2D eigenvalue weighted by Crippen LogP contribution is 2.18. The number of hydrogen-bond acceptors (Lipinski definition) is 4. The standard InChI is InChI=1S/C18H24N4O2.ClH/c1-5-24-18(23)21-15-6-7-16(22-17(15)19)20-10-14-9-12(3)11(2)8-13(14)4;/h6-9H,5,10H2,1-4H3,(H,21,23)(H3,19,20,22);1H. The normalized spacial score (nSPS) is 9.92. The average Bonchev–Trinajstić information content (AvgIpc) is 2.52. The summed E-state index contributed by atoms with van der Waals surface area (Å²) < 4.78 is 4.84. The number of carbonyl (C=O) groups excluding carboxylic acids is 1. The Balaban J connectivity index is 0.00000312. The van der Waals surface area contributed by atoms with Crippen LogP contribution < -0.4 is 33.8 Å². The molecule has 1 aromatic carbocycles. The van der Waals surface area contributed by atoms with Crippen molar-refractivity contribution < 1.29 is 26.9 Å². The van der Waals surface area contributed by atoms with Gasteiger partial charge in [0.1, 0.15) is 5.69 Å². The first-order chi connectivity index (χ1) is 11.4. The summed E-state index contributed by atoms with van der Waals surface area (Å²) in [6, 6.07) is 7.95. The Bertz CT molecular complexity index is 750. The molecular weight excluding hydrogens is 340 g/mol. The van der Waals surface area contributed by atoms with Crippen molar-refractivity contribution >= 4 is 23.4 Å². The predicted molar refractivity (Wildman–Crippen MR) is 96.0 cm³/mol. The number of H-pyrrole nitrogens is 1. The molecule has 0 aliphatic heterocycles. The molecular formula is C18H25ClN4O2. The van der Waals surface area contributed by atoms with Crippen LogP contribution in [0.4, 0.5) is 22.1 Å². The van der Waals surface area contributed by atoms with Crippen LogP contribution in [0.15, 0.2) is 24.3 Å². The van der Waals surface area contributed by atoms with Gasteiger partial charge in [-0.15, -0.1) is 0 Å². The van der Waals surface area contributed by atoms with Gasteiger partial charge in [-0.2, -0.15) is 0 Å². The second-order valence-electron chi connectivity index (χ2n) is 5.76. The molecule has 25 heavy (non-hydrogen) atoms. The minimum absolute atomic E-state index is 0. The first kappa shape index (κ1) is 20.6. The number of benzene rings is 1. The monoisotopic (exact) mass is 364 g/mol. The molecule has 0 fully saturated rings. The number of halogens is 1. The molecule has 0 saturated heterocycles. The quantitative estimate of drug-likeness (QED) is 0.706. The van der Waals surface area contributed by atoms with Crippen LogP contribution in [-0.4, -0.2) is 12.7 Å². The van der Waals surface area contributed by atoms with Crippen molar-refractivity contribution in [1.82, 2.24) is 0 Å². The molecule has 6 nitrogen and oxygen atoms in total. The molecule has 0 unspecified atom stereocenters. The van der Waals surface area contributed by atoms with Gasteiger partial charge in [0.05, 0.1) is 13.2 Å². The van der Waals surface area contributed by atoms with Crippen molar-refractivity contribution in [3.05, 3.63) is 46.5 Å². The fourth-order valence-corrected chi connectivity index (χ4v) is 2.40. The Labute approximate surface area is 154 Å². The van der Waals surface area contributed by atoms with E-state index in [-0.39, 0.29) is 12.4 Å². The molecule has 0 aliphatic carbocycles. The van der Waals surface area contributed by atoms with Crippen molar-refractivity contribution in [2.75, 3.05) is 23.0 Å². The summed E-state index contributed by atoms with van der Waals surface area (Å²) >= 11 is 0. The summed E-state index contributed by atoms with van der Waals surface area (Å²) in [4.78, 5) is 14.5. The van der Waals surface area contributed by atoms with Gasteiger partial charge in [-0.05, 0) is 56.0 Å². The van der Waals surface area contributed by atoms with Crippen LogP contribution in [0, 0.1) is 20.8 Å². The highest BCUT2D eigenvalue weighted by Gasteiger charge is 2.11. The maximum absolute atomic E-state index is 11.4. The number of ether oxygens (including phenoxy) is 1. The maximum atomic E-state index is 11.4. The average molecular weight is 365 g/mol. The van der Waals surface area contributed by atoms with Gasteiger partial charge in [0, 0.05) is 6.07 Å². The molecule has 136 valence electrons. The van der Waals surface area contributed by atoms with E-state index in [4.69, 9.17) is 10.5 Å². The van der Waals surface area contributed by atoms with Gasteiger partial charge in [-0.3, -0.25) is 5.32 Å². The fourth-order valence-electron chi connectivity index (χ4n) is 2.40. The highest BCUT2D eigenvalue weighted by atomic mass is 35.5. The smallest absolute Gasteiger partial charge is 0.411 e. The number of amides is 1. The minimum Gasteiger partial charge on any atom is -1.00 e. The minimum atomic E-state index is -0.524. The van der Waals surface area contributed by atoms with Crippen LogP contribution in [-0.2, 0) is 11.3 Å². The zero-order valence-electron chi connectivity index (χ0n) is 15.0. The van der Waals surface area contributed by atoms with E-state index in [0.29, 0.717) is 24.7 Å². The summed E-state index contributed by atoms with van der Waals surface area (Å²) in [6.07, 6.45) is -0.524. The number of aryl methyl sites for hydroxylation is 3. The number of nitrogen functional groups attached to an aromatic ring is 1. The predicted octanol–water partition coefficient (Wildman–Crippen LogP) is 0.193. The van der Waals surface area contributed by atoms with Crippen LogP contribution in [0.2, 0.25) is 0 Å². The fraction of sp³-hybridized carbons (Fsp3) is 0.333. The van der Waals surface area contributed by atoms with Crippen molar-refractivity contribution in [2.45, 2.75) is 34.2 Å². The SMILES string of the molecule is CCOC(=O)Nc1ccc(NCc2cc(C)c(C)cc2C)[nH+]c1N.[Cl-]. The Morgan fingerprint density at radius 1 is 1.16 bits per heavy atom. The lowest BCUT2D eigenvalue weighted by Gasteiger charge is -2.10. The van der Waals surface area contributed by atoms with Gasteiger partial charge >= 0.3 is 6.09 Å². The molecule has 0 spiro atoms. The number of carbonyl (C=O) groups is 1. The van der Waals surface area contributed by atoms with Gasteiger partial charge in [-0.25, -0.2) is 9.78 Å². The van der Waals surface area contributed by atoms with E-state index in [2.05, 4.69) is 48.5 Å². The van der Waals surface area contributed by atoms with Gasteiger partial charge in [-0.1, -0.05) is 12.1 Å². The van der Waals surface area contributed by atoms with Crippen molar-refractivity contribution in [2.24, 2.45) is 0 Å². The zero-order valence-corrected chi connectivity index (χ0v) is 15.8. The van der Waals surface area contributed by atoms with E-state index >= 15 is 0 Å². The van der Waals surface area contributed by atoms with E-state index in [1.54, 1.807) is 13.0 Å². The zero-order chi connectivity index (χ0) is 17.7. The Morgan fingerprint density at radius 2 is 1.84 bits per heavy atom. The number of rotatable bonds is 5. The number of hydrogen-bond donors (Lipinski definition) is 3. The maximum Gasteiger partial charge on any atom is 0.411 e. The van der Waals surface area contributed by atoms with Crippen LogP contribution in [0.3, 0.4) is 0 Å². The molecule has 1 aromatic heterocycles. The third-order valence-corrected chi connectivity index (χ3v) is 3.91. The topological polar surface area (TPSA) is 90.5 Å². The van der Waals surface area contributed by atoms with Crippen molar-refractivity contribution in [3.8, 4) is 0 Å². The molecule has 0 bridgehead atoms. The molecule has 7 heteroatoms. The molecule has 2 rings (SSSR count). The van der Waals surface area contributed by atoms with E-state index in [9.17, 15) is 4.79 Å². The van der Waals surface area contributed by atoms with Gasteiger partial charge in [0.15, 0.2) is 0 Å². The Morgan fingerprint density at radius 3 is 2.48 bits per heavy atom. The summed E-state index contributed by atoms with van der Waals surface area (Å²) in [5.41, 5.74) is 11.5. The Kier molecular flexibility index (Phi) is 7.51. The number of nitrogens with one attached hydrogen (secondary N) is 3. The van der Waals surface area contributed by atoms with Gasteiger partial charge in [0.2, 0.25) is 11.6 Å². The molecule has 5 N–H and O–H groups in total. The molecule has 0 atom stereocenters. The molecule has 1 heterocycles. The van der Waals surface area contributed by atoms with Crippen molar-refractivity contribution in [3.63, 3.8) is 0 Å². The van der Waals surface area contributed by atoms with Gasteiger partial charge in [0.25, 0.3) is 0 Å². The van der Waals surface area contributed by atoms with E-state index in [1.165, 1.54) is 22.3 Å². The number of nitrogens with two attached hydrogens (primary N) is 1. The summed E-state index contributed by atoms with van der Waals surface area (Å²) in [5.74, 6) is 1.14. The lowest BCUT2D eigenvalue weighted by molar-refractivity contribution is -0.342. The van der Waals surface area contributed by atoms with Crippen LogP contribution >= 0.6 is 0 Å². The number of anilines is 3. The molecule has 0 aliphatic rings. The third kappa shape index (κ3) is 5.53.